The quantitative estimate of drug-likeness (QED) is 0.481. The van der Waals surface area contributed by atoms with Crippen molar-refractivity contribution in [2.75, 3.05) is 18.5 Å². The van der Waals surface area contributed by atoms with E-state index in [-0.39, 0.29) is 18.0 Å². The molecule has 0 fully saturated rings. The molecule has 0 atom stereocenters. The summed E-state index contributed by atoms with van der Waals surface area (Å²) in [5.74, 6) is 0.0534. The van der Waals surface area contributed by atoms with E-state index in [1.807, 2.05) is 38.1 Å². The topological polar surface area (TPSA) is 75.7 Å². The van der Waals surface area contributed by atoms with E-state index >= 15 is 0 Å². The summed E-state index contributed by atoms with van der Waals surface area (Å²) in [6.45, 7) is 3.89. The lowest BCUT2D eigenvalue weighted by atomic mass is 10.1. The van der Waals surface area contributed by atoms with E-state index in [0.29, 0.717) is 23.1 Å². The fraction of sp³-hybridized carbons (Fsp3) is 0.208. The van der Waals surface area contributed by atoms with Gasteiger partial charge in [0.15, 0.2) is 0 Å². The zero-order valence-corrected chi connectivity index (χ0v) is 19.5. The van der Waals surface area contributed by atoms with Crippen LogP contribution in [0.2, 0.25) is 5.02 Å². The number of nitrogens with zero attached hydrogens (tertiary/aromatic N) is 1. The number of hydrogen-bond acceptors (Lipinski definition) is 4. The number of benzene rings is 3. The van der Waals surface area contributed by atoms with Crippen molar-refractivity contribution in [1.29, 1.82) is 0 Å². The van der Waals surface area contributed by atoms with Crippen LogP contribution in [0.4, 0.5) is 5.69 Å². The SMILES string of the molecule is CCOc1ccccc1NC(=O)CN(Cc1ccccc1C)S(=O)(=O)c1ccc(Cl)cc1. The Bertz CT molecular complexity index is 1180. The number of carbonyl (C=O) groups excluding carboxylic acids is 1. The minimum Gasteiger partial charge on any atom is -0.492 e. The second-order valence-corrected chi connectivity index (χ2v) is 9.51. The van der Waals surface area contributed by atoms with Gasteiger partial charge in [0.25, 0.3) is 0 Å². The number of rotatable bonds is 9. The third-order valence-electron chi connectivity index (χ3n) is 4.84. The predicted octanol–water partition coefficient (Wildman–Crippen LogP) is 4.88. The molecule has 3 aromatic rings. The fourth-order valence-corrected chi connectivity index (χ4v) is 4.66. The second kappa shape index (κ2) is 10.6. The maximum atomic E-state index is 13.4. The van der Waals surface area contributed by atoms with Gasteiger partial charge in [0.1, 0.15) is 5.75 Å². The first-order valence-corrected chi connectivity index (χ1v) is 11.9. The summed E-state index contributed by atoms with van der Waals surface area (Å²) in [6, 6.07) is 20.4. The Kier molecular flexibility index (Phi) is 7.90. The Hall–Kier alpha value is -2.87. The van der Waals surface area contributed by atoms with Crippen LogP contribution >= 0.6 is 11.6 Å². The summed E-state index contributed by atoms with van der Waals surface area (Å²) in [7, 11) is -3.96. The normalized spacial score (nSPS) is 11.4. The second-order valence-electron chi connectivity index (χ2n) is 7.13. The first kappa shape index (κ1) is 23.8. The van der Waals surface area contributed by atoms with E-state index < -0.39 is 15.9 Å². The van der Waals surface area contributed by atoms with Gasteiger partial charge in [-0.1, -0.05) is 48.0 Å². The van der Waals surface area contributed by atoms with Gasteiger partial charge in [-0.05, 0) is 61.4 Å². The summed E-state index contributed by atoms with van der Waals surface area (Å²) >= 11 is 5.92. The Balaban J connectivity index is 1.89. The average Bonchev–Trinajstić information content (AvgIpc) is 2.76. The molecule has 0 saturated heterocycles. The van der Waals surface area contributed by atoms with Crippen molar-refractivity contribution in [3.8, 4) is 5.75 Å². The Labute approximate surface area is 193 Å². The van der Waals surface area contributed by atoms with Crippen molar-refractivity contribution >= 4 is 33.2 Å². The van der Waals surface area contributed by atoms with Crippen molar-refractivity contribution in [1.82, 2.24) is 4.31 Å². The molecule has 0 aromatic heterocycles. The molecule has 0 aliphatic carbocycles. The summed E-state index contributed by atoms with van der Waals surface area (Å²) in [5, 5.41) is 3.20. The fourth-order valence-electron chi connectivity index (χ4n) is 3.16. The maximum absolute atomic E-state index is 13.4. The van der Waals surface area contributed by atoms with Crippen molar-refractivity contribution in [2.24, 2.45) is 0 Å². The van der Waals surface area contributed by atoms with E-state index in [1.165, 1.54) is 24.3 Å². The molecule has 3 aromatic carbocycles. The highest BCUT2D eigenvalue weighted by Gasteiger charge is 2.27. The third kappa shape index (κ3) is 5.88. The minimum absolute atomic E-state index is 0.0537. The molecule has 8 heteroatoms. The van der Waals surface area contributed by atoms with Crippen molar-refractivity contribution in [3.05, 3.63) is 88.9 Å². The van der Waals surface area contributed by atoms with Gasteiger partial charge in [-0.2, -0.15) is 4.31 Å². The number of amides is 1. The van der Waals surface area contributed by atoms with Crippen LogP contribution in [0.1, 0.15) is 18.1 Å². The monoisotopic (exact) mass is 472 g/mol. The maximum Gasteiger partial charge on any atom is 0.243 e. The van der Waals surface area contributed by atoms with Crippen LogP contribution < -0.4 is 10.1 Å². The highest BCUT2D eigenvalue weighted by atomic mass is 35.5. The predicted molar refractivity (Wildman–Crippen MR) is 126 cm³/mol. The molecule has 1 amide bonds. The van der Waals surface area contributed by atoms with Crippen LogP contribution in [0.25, 0.3) is 0 Å². The number of sulfonamides is 1. The Morgan fingerprint density at radius 2 is 1.66 bits per heavy atom. The molecular formula is C24H25ClN2O4S. The van der Waals surface area contributed by atoms with E-state index in [1.54, 1.807) is 24.3 Å². The molecule has 0 aliphatic heterocycles. The van der Waals surface area contributed by atoms with Crippen LogP contribution in [0.3, 0.4) is 0 Å². The average molecular weight is 473 g/mol. The molecule has 32 heavy (non-hydrogen) atoms. The number of para-hydroxylation sites is 2. The van der Waals surface area contributed by atoms with Gasteiger partial charge in [-0.3, -0.25) is 4.79 Å². The molecular weight excluding hydrogens is 448 g/mol. The van der Waals surface area contributed by atoms with E-state index in [2.05, 4.69) is 5.32 Å². The standard InChI is InChI=1S/C24H25ClN2O4S/c1-3-31-23-11-7-6-10-22(23)26-24(28)17-27(16-19-9-5-4-8-18(19)2)32(29,30)21-14-12-20(25)13-15-21/h4-15H,3,16-17H2,1-2H3,(H,26,28). The number of aryl methyl sites for hydroxylation is 1. The van der Waals surface area contributed by atoms with Crippen LogP contribution in [0.5, 0.6) is 5.75 Å². The van der Waals surface area contributed by atoms with Crippen molar-refractivity contribution in [2.45, 2.75) is 25.3 Å². The zero-order valence-electron chi connectivity index (χ0n) is 17.9. The van der Waals surface area contributed by atoms with Gasteiger partial charge < -0.3 is 10.1 Å². The Morgan fingerprint density at radius 1 is 1.00 bits per heavy atom. The number of hydrogen-bond donors (Lipinski definition) is 1. The van der Waals surface area contributed by atoms with E-state index in [9.17, 15) is 13.2 Å². The first-order chi connectivity index (χ1) is 15.3. The van der Waals surface area contributed by atoms with Gasteiger partial charge in [-0.25, -0.2) is 8.42 Å². The number of anilines is 1. The van der Waals surface area contributed by atoms with Gasteiger partial charge in [0.05, 0.1) is 23.7 Å². The van der Waals surface area contributed by atoms with Crippen LogP contribution in [0.15, 0.2) is 77.7 Å². The van der Waals surface area contributed by atoms with Gasteiger partial charge in [0, 0.05) is 11.6 Å². The lowest BCUT2D eigenvalue weighted by Gasteiger charge is -2.23. The summed E-state index contributed by atoms with van der Waals surface area (Å²) in [6.07, 6.45) is 0. The largest absolute Gasteiger partial charge is 0.492 e. The molecule has 0 unspecified atom stereocenters. The molecule has 0 radical (unpaired) electrons. The summed E-state index contributed by atoms with van der Waals surface area (Å²) in [5.41, 5.74) is 2.23. The molecule has 0 heterocycles. The highest BCUT2D eigenvalue weighted by Crippen LogP contribution is 2.25. The highest BCUT2D eigenvalue weighted by molar-refractivity contribution is 7.89. The zero-order chi connectivity index (χ0) is 23.1. The summed E-state index contributed by atoms with van der Waals surface area (Å²) in [4.78, 5) is 13.0. The number of nitrogens with one attached hydrogen (secondary N) is 1. The van der Waals surface area contributed by atoms with Crippen molar-refractivity contribution < 1.29 is 17.9 Å². The first-order valence-electron chi connectivity index (χ1n) is 10.1. The molecule has 0 spiro atoms. The van der Waals surface area contributed by atoms with Crippen molar-refractivity contribution in [3.63, 3.8) is 0 Å². The Morgan fingerprint density at radius 3 is 2.34 bits per heavy atom. The minimum atomic E-state index is -3.96. The number of ether oxygens (including phenoxy) is 1. The smallest absolute Gasteiger partial charge is 0.243 e. The molecule has 0 saturated carbocycles. The van der Waals surface area contributed by atoms with Gasteiger partial charge >= 0.3 is 0 Å². The van der Waals surface area contributed by atoms with Gasteiger partial charge in [0.2, 0.25) is 15.9 Å². The molecule has 6 nitrogen and oxygen atoms in total. The molecule has 3 rings (SSSR count). The molecule has 168 valence electrons. The van der Waals surface area contributed by atoms with E-state index in [0.717, 1.165) is 15.4 Å². The number of carbonyl (C=O) groups is 1. The van der Waals surface area contributed by atoms with Gasteiger partial charge in [-0.15, -0.1) is 0 Å². The van der Waals surface area contributed by atoms with Crippen LogP contribution in [-0.2, 0) is 21.4 Å². The molecule has 1 N–H and O–H groups in total. The molecule has 0 bridgehead atoms. The van der Waals surface area contributed by atoms with E-state index in [4.69, 9.17) is 16.3 Å². The van der Waals surface area contributed by atoms with Crippen LogP contribution in [0, 0.1) is 6.92 Å². The molecule has 0 aliphatic rings. The summed E-state index contributed by atoms with van der Waals surface area (Å²) < 4.78 is 33.5. The van der Waals surface area contributed by atoms with Crippen LogP contribution in [-0.4, -0.2) is 31.8 Å². The number of halogens is 1. The lowest BCUT2D eigenvalue weighted by molar-refractivity contribution is -0.116. The third-order valence-corrected chi connectivity index (χ3v) is 6.90. The lowest BCUT2D eigenvalue weighted by Crippen LogP contribution is -2.37.